The van der Waals surface area contributed by atoms with Gasteiger partial charge in [0.05, 0.1) is 0 Å². The zero-order valence-electron chi connectivity index (χ0n) is 11.8. The molecule has 0 amide bonds. The lowest BCUT2D eigenvalue weighted by Gasteiger charge is -2.39. The Labute approximate surface area is 110 Å². The van der Waals surface area contributed by atoms with Gasteiger partial charge in [-0.3, -0.25) is 9.88 Å². The Hall–Kier alpha value is -0.930. The fourth-order valence-corrected chi connectivity index (χ4v) is 3.14. The Balaban J connectivity index is 2.14. The second-order valence-corrected chi connectivity index (χ2v) is 5.88. The lowest BCUT2D eigenvalue weighted by Crippen LogP contribution is -2.43. The first-order chi connectivity index (χ1) is 8.60. The summed E-state index contributed by atoms with van der Waals surface area (Å²) < 4.78 is 0. The van der Waals surface area contributed by atoms with Gasteiger partial charge in [-0.05, 0) is 36.8 Å². The number of likely N-dealkylation sites (tertiary alicyclic amines) is 1. The van der Waals surface area contributed by atoms with Gasteiger partial charge in [-0.15, -0.1) is 0 Å². The van der Waals surface area contributed by atoms with E-state index in [1.807, 2.05) is 13.1 Å². The maximum Gasteiger partial charge on any atom is 0.0485 e. The molecule has 3 heteroatoms. The maximum atomic E-state index is 6.00. The van der Waals surface area contributed by atoms with Gasteiger partial charge < -0.3 is 5.73 Å². The van der Waals surface area contributed by atoms with Crippen LogP contribution in [0.3, 0.4) is 0 Å². The Bertz CT molecular complexity index is 364. The van der Waals surface area contributed by atoms with Gasteiger partial charge in [-0.1, -0.05) is 19.9 Å². The van der Waals surface area contributed by atoms with E-state index < -0.39 is 0 Å². The summed E-state index contributed by atoms with van der Waals surface area (Å²) in [5.74, 6) is 1.53. The molecule has 3 nitrogen and oxygen atoms in total. The number of aryl methyl sites for hydroxylation is 1. The third-order valence-electron chi connectivity index (χ3n) is 3.88. The Morgan fingerprint density at radius 1 is 1.33 bits per heavy atom. The van der Waals surface area contributed by atoms with Gasteiger partial charge in [-0.2, -0.15) is 0 Å². The summed E-state index contributed by atoms with van der Waals surface area (Å²) in [6.45, 7) is 9.67. The van der Waals surface area contributed by atoms with Crippen molar-refractivity contribution in [3.63, 3.8) is 0 Å². The molecule has 0 bridgehead atoms. The molecule has 2 heterocycles. The number of pyridine rings is 1. The van der Waals surface area contributed by atoms with Crippen LogP contribution in [0, 0.1) is 18.8 Å². The van der Waals surface area contributed by atoms with Crippen LogP contribution in [0.4, 0.5) is 0 Å². The average molecular weight is 247 g/mol. The molecule has 2 rings (SSSR count). The van der Waals surface area contributed by atoms with E-state index >= 15 is 0 Å². The van der Waals surface area contributed by atoms with Crippen LogP contribution in [0.1, 0.15) is 37.6 Å². The molecule has 0 spiro atoms. The van der Waals surface area contributed by atoms with Crippen LogP contribution in [0.15, 0.2) is 18.3 Å². The minimum absolute atomic E-state index is 0.322. The van der Waals surface area contributed by atoms with Crippen molar-refractivity contribution in [2.45, 2.75) is 33.2 Å². The highest BCUT2D eigenvalue weighted by Crippen LogP contribution is 2.28. The molecule has 1 aliphatic rings. The molecule has 0 saturated carbocycles. The zero-order valence-corrected chi connectivity index (χ0v) is 11.8. The van der Waals surface area contributed by atoms with Gasteiger partial charge in [-0.25, -0.2) is 0 Å². The van der Waals surface area contributed by atoms with Crippen molar-refractivity contribution in [1.29, 1.82) is 0 Å². The molecule has 0 aromatic carbocycles. The molecule has 1 aromatic rings. The number of hydrogen-bond acceptors (Lipinski definition) is 3. The normalized spacial score (nSPS) is 27.1. The summed E-state index contributed by atoms with van der Waals surface area (Å²) in [5, 5.41) is 0. The smallest absolute Gasteiger partial charge is 0.0485 e. The Morgan fingerprint density at radius 3 is 2.50 bits per heavy atom. The Kier molecular flexibility index (Phi) is 4.36. The monoisotopic (exact) mass is 247 g/mol. The van der Waals surface area contributed by atoms with Crippen molar-refractivity contribution in [2.75, 3.05) is 19.6 Å². The molecule has 0 radical (unpaired) electrons. The van der Waals surface area contributed by atoms with Gasteiger partial charge in [0.15, 0.2) is 0 Å². The minimum Gasteiger partial charge on any atom is -0.329 e. The highest BCUT2D eigenvalue weighted by atomic mass is 15.2. The quantitative estimate of drug-likeness (QED) is 0.891. The van der Waals surface area contributed by atoms with Gasteiger partial charge in [0, 0.05) is 37.6 Å². The highest BCUT2D eigenvalue weighted by molar-refractivity contribution is 5.18. The Morgan fingerprint density at radius 2 is 2.00 bits per heavy atom. The van der Waals surface area contributed by atoms with Gasteiger partial charge in [0.25, 0.3) is 0 Å². The van der Waals surface area contributed by atoms with E-state index in [1.165, 1.54) is 12.0 Å². The summed E-state index contributed by atoms with van der Waals surface area (Å²) in [7, 11) is 0. The fourth-order valence-electron chi connectivity index (χ4n) is 3.14. The number of aromatic nitrogens is 1. The number of nitrogens with two attached hydrogens (primary N) is 1. The lowest BCUT2D eigenvalue weighted by atomic mass is 9.90. The van der Waals surface area contributed by atoms with Crippen LogP contribution in [0.5, 0.6) is 0 Å². The van der Waals surface area contributed by atoms with E-state index in [1.54, 1.807) is 0 Å². The largest absolute Gasteiger partial charge is 0.329 e. The number of hydrogen-bond donors (Lipinski definition) is 1. The van der Waals surface area contributed by atoms with Crippen LogP contribution < -0.4 is 5.73 Å². The highest BCUT2D eigenvalue weighted by Gasteiger charge is 2.27. The minimum atomic E-state index is 0.322. The molecule has 0 aliphatic carbocycles. The third-order valence-corrected chi connectivity index (χ3v) is 3.88. The molecule has 2 N–H and O–H groups in total. The molecular formula is C15H25N3. The second-order valence-electron chi connectivity index (χ2n) is 5.88. The molecule has 18 heavy (non-hydrogen) atoms. The summed E-state index contributed by atoms with van der Waals surface area (Å²) in [6.07, 6.45) is 3.32. The van der Waals surface area contributed by atoms with Crippen LogP contribution >= 0.6 is 0 Å². The van der Waals surface area contributed by atoms with Crippen molar-refractivity contribution >= 4 is 0 Å². The molecule has 1 aliphatic heterocycles. The standard InChI is InChI=1S/C15H25N3/c1-11-6-12(2)10-18(9-11)15(7-16)14-5-4-13(3)17-8-14/h4-5,8,11-12,15H,6-7,9-10,16H2,1-3H3. The predicted octanol–water partition coefficient (Wildman–Crippen LogP) is 2.37. The first-order valence-electron chi connectivity index (χ1n) is 6.96. The number of nitrogens with zero attached hydrogens (tertiary/aromatic N) is 2. The van der Waals surface area contributed by atoms with Gasteiger partial charge in [0.1, 0.15) is 0 Å². The van der Waals surface area contributed by atoms with Crippen LogP contribution in [0.25, 0.3) is 0 Å². The van der Waals surface area contributed by atoms with E-state index in [4.69, 9.17) is 5.73 Å². The molecule has 1 fully saturated rings. The summed E-state index contributed by atoms with van der Waals surface area (Å²) in [6, 6.07) is 4.57. The number of rotatable bonds is 3. The van der Waals surface area contributed by atoms with Crippen LogP contribution in [-0.2, 0) is 0 Å². The number of piperidine rings is 1. The van der Waals surface area contributed by atoms with E-state index in [-0.39, 0.29) is 0 Å². The van der Waals surface area contributed by atoms with Gasteiger partial charge in [0.2, 0.25) is 0 Å². The van der Waals surface area contributed by atoms with Crippen molar-refractivity contribution < 1.29 is 0 Å². The molecule has 1 saturated heterocycles. The van der Waals surface area contributed by atoms with E-state index in [0.717, 1.165) is 30.6 Å². The lowest BCUT2D eigenvalue weighted by molar-refractivity contribution is 0.0982. The van der Waals surface area contributed by atoms with Crippen molar-refractivity contribution in [1.82, 2.24) is 9.88 Å². The molecular weight excluding hydrogens is 222 g/mol. The fraction of sp³-hybridized carbons (Fsp3) is 0.667. The topological polar surface area (TPSA) is 42.1 Å². The summed E-state index contributed by atoms with van der Waals surface area (Å²) >= 11 is 0. The third kappa shape index (κ3) is 3.09. The first kappa shape index (κ1) is 13.5. The second kappa shape index (κ2) is 5.81. The van der Waals surface area contributed by atoms with E-state index in [9.17, 15) is 0 Å². The molecule has 100 valence electrons. The van der Waals surface area contributed by atoms with Crippen LogP contribution in [-0.4, -0.2) is 29.5 Å². The van der Waals surface area contributed by atoms with E-state index in [0.29, 0.717) is 12.6 Å². The van der Waals surface area contributed by atoms with Crippen molar-refractivity contribution in [3.05, 3.63) is 29.6 Å². The van der Waals surface area contributed by atoms with Gasteiger partial charge >= 0.3 is 0 Å². The predicted molar refractivity (Wildman–Crippen MR) is 75.3 cm³/mol. The first-order valence-corrected chi connectivity index (χ1v) is 6.96. The van der Waals surface area contributed by atoms with Crippen molar-refractivity contribution in [2.24, 2.45) is 17.6 Å². The van der Waals surface area contributed by atoms with Crippen molar-refractivity contribution in [3.8, 4) is 0 Å². The SMILES string of the molecule is Cc1ccc(C(CN)N2CC(C)CC(C)C2)cn1. The molecule has 3 unspecified atom stereocenters. The van der Waals surface area contributed by atoms with E-state index in [2.05, 4.69) is 35.9 Å². The maximum absolute atomic E-state index is 6.00. The molecule has 1 aromatic heterocycles. The average Bonchev–Trinajstić information content (AvgIpc) is 2.31. The summed E-state index contributed by atoms with van der Waals surface area (Å²) in [4.78, 5) is 6.93. The molecule has 3 atom stereocenters. The van der Waals surface area contributed by atoms with Crippen LogP contribution in [0.2, 0.25) is 0 Å². The zero-order chi connectivity index (χ0) is 13.1. The summed E-state index contributed by atoms with van der Waals surface area (Å²) in [5.41, 5.74) is 8.31.